The van der Waals surface area contributed by atoms with Crippen molar-refractivity contribution in [2.75, 3.05) is 0 Å². The summed E-state index contributed by atoms with van der Waals surface area (Å²) in [7, 11) is 1.41. The Morgan fingerprint density at radius 2 is 0.958 bits per heavy atom. The van der Waals surface area contributed by atoms with Crippen LogP contribution in [0.3, 0.4) is 0 Å². The van der Waals surface area contributed by atoms with Gasteiger partial charge in [0, 0.05) is 10.2 Å². The molecular formula is C22H54Si2. The molecule has 0 saturated carbocycles. The maximum atomic E-state index is 3.69. The molecule has 0 bridgehead atoms. The second kappa shape index (κ2) is 38.6. The molecule has 0 N–H and O–H groups in total. The lowest BCUT2D eigenvalue weighted by Crippen LogP contribution is -1.79. The summed E-state index contributed by atoms with van der Waals surface area (Å²) in [5.41, 5.74) is 0. The van der Waals surface area contributed by atoms with Crippen LogP contribution in [0.1, 0.15) is 124 Å². The highest BCUT2D eigenvalue weighted by Crippen LogP contribution is 2.08. The summed E-state index contributed by atoms with van der Waals surface area (Å²) in [5.74, 6) is 0. The van der Waals surface area contributed by atoms with Gasteiger partial charge in [-0.1, -0.05) is 123 Å². The quantitative estimate of drug-likeness (QED) is 0.176. The van der Waals surface area contributed by atoms with Crippen LogP contribution in [0.2, 0.25) is 6.04 Å². The van der Waals surface area contributed by atoms with Crippen molar-refractivity contribution in [3.8, 4) is 0 Å². The number of allylic oxidation sites excluding steroid dienone is 1. The van der Waals surface area contributed by atoms with E-state index < -0.39 is 0 Å². The van der Waals surface area contributed by atoms with E-state index in [0.29, 0.717) is 0 Å². The largest absolute Gasteiger partial charge is 0.103 e. The van der Waals surface area contributed by atoms with E-state index in [2.05, 4.69) is 20.4 Å². The fraction of sp³-hybridized carbons (Fsp3) is 0.909. The maximum absolute atomic E-state index is 3.69. The predicted octanol–water partition coefficient (Wildman–Crippen LogP) is 6.41. The van der Waals surface area contributed by atoms with Crippen molar-refractivity contribution in [2.45, 2.75) is 130 Å². The molecule has 0 atom stereocenters. The van der Waals surface area contributed by atoms with Gasteiger partial charge in [-0.15, -0.1) is 6.58 Å². The Morgan fingerprint density at radius 3 is 1.29 bits per heavy atom. The van der Waals surface area contributed by atoms with Gasteiger partial charge in [-0.3, -0.25) is 0 Å². The van der Waals surface area contributed by atoms with Crippen LogP contribution in [-0.4, -0.2) is 21.2 Å². The lowest BCUT2D eigenvalue weighted by atomic mass is 10.1. The molecule has 0 aliphatic rings. The molecule has 0 saturated heterocycles. The highest BCUT2D eigenvalue weighted by atomic mass is 28.1. The van der Waals surface area contributed by atoms with E-state index in [0.717, 1.165) is 0 Å². The normalized spacial score (nSPS) is 9.17. The van der Waals surface area contributed by atoms with Crippen molar-refractivity contribution >= 4 is 21.2 Å². The van der Waals surface area contributed by atoms with Gasteiger partial charge in [0.1, 0.15) is 0 Å². The molecule has 0 aliphatic heterocycles. The lowest BCUT2D eigenvalue weighted by Gasteiger charge is -1.98. The molecule has 24 heavy (non-hydrogen) atoms. The highest BCUT2D eigenvalue weighted by molar-refractivity contribution is 6.08. The van der Waals surface area contributed by atoms with Crippen molar-refractivity contribution in [3.05, 3.63) is 12.7 Å². The third kappa shape index (κ3) is 43.2. The molecule has 0 fully saturated rings. The smallest absolute Gasteiger partial charge is 0.00279 e. The molecule has 0 aromatic heterocycles. The van der Waals surface area contributed by atoms with E-state index in [1.165, 1.54) is 113 Å². The highest BCUT2D eigenvalue weighted by Gasteiger charge is 1.89. The Bertz CT molecular complexity index is 161. The first-order chi connectivity index (χ1) is 11.3. The summed E-state index contributed by atoms with van der Waals surface area (Å²) in [4.78, 5) is 0. The maximum Gasteiger partial charge on any atom is 0.00279 e. The molecule has 150 valence electrons. The second-order valence-electron chi connectivity index (χ2n) is 6.32. The summed E-state index contributed by atoms with van der Waals surface area (Å²) in [6.45, 7) is 12.2. The van der Waals surface area contributed by atoms with Gasteiger partial charge in [0.2, 0.25) is 0 Å². The molecule has 2 heteroatoms. The van der Waals surface area contributed by atoms with E-state index in [1.54, 1.807) is 0 Å². The van der Waals surface area contributed by atoms with Gasteiger partial charge >= 0.3 is 0 Å². The Labute approximate surface area is 164 Å². The standard InChI is InChI=1S/C10H24Si.C10H20.C2H6.H4Si/c1-2-3-4-5-6-7-8-9-10-11;1-3-5-7-9-10-8-6-4-2;1-2;/h2-10H2,1,11H3;3H,1,4-10H2,2H3;1-2H3;1H4. The Morgan fingerprint density at radius 1 is 0.625 bits per heavy atom. The van der Waals surface area contributed by atoms with Crippen LogP contribution in [0, 0.1) is 0 Å². The van der Waals surface area contributed by atoms with Crippen LogP contribution in [-0.2, 0) is 0 Å². The SMILES string of the molecule is C=CCCCCCCCC.CC.CCCCCCCCCC[SiH3].[SiH4]. The van der Waals surface area contributed by atoms with E-state index in [-0.39, 0.29) is 11.0 Å². The molecule has 0 nitrogen and oxygen atoms in total. The Kier molecular flexibility index (Phi) is 51.3. The minimum atomic E-state index is 0. The van der Waals surface area contributed by atoms with Crippen molar-refractivity contribution in [1.82, 2.24) is 0 Å². The minimum Gasteiger partial charge on any atom is -0.103 e. The number of rotatable bonds is 15. The second-order valence-corrected chi connectivity index (χ2v) is 7.32. The fourth-order valence-corrected chi connectivity index (χ4v) is 2.95. The van der Waals surface area contributed by atoms with Gasteiger partial charge in [0.25, 0.3) is 0 Å². The van der Waals surface area contributed by atoms with Crippen molar-refractivity contribution in [1.29, 1.82) is 0 Å². The van der Waals surface area contributed by atoms with Crippen LogP contribution in [0.15, 0.2) is 12.7 Å². The first-order valence-electron chi connectivity index (χ1n) is 10.9. The van der Waals surface area contributed by atoms with Gasteiger partial charge in [-0.05, 0) is 23.8 Å². The molecule has 0 aromatic carbocycles. The first kappa shape index (κ1) is 31.9. The summed E-state index contributed by atoms with van der Waals surface area (Å²) in [6, 6.07) is 1.51. The average Bonchev–Trinajstić information content (AvgIpc) is 2.60. The molecule has 0 aromatic rings. The van der Waals surface area contributed by atoms with Crippen LogP contribution in [0.25, 0.3) is 0 Å². The van der Waals surface area contributed by atoms with Crippen LogP contribution in [0.4, 0.5) is 0 Å². The summed E-state index contributed by atoms with van der Waals surface area (Å²) >= 11 is 0. The summed E-state index contributed by atoms with van der Waals surface area (Å²) < 4.78 is 0. The summed E-state index contributed by atoms with van der Waals surface area (Å²) in [6.07, 6.45) is 23.3. The molecular weight excluding hydrogens is 320 g/mol. The molecule has 0 unspecified atom stereocenters. The number of hydrogen-bond donors (Lipinski definition) is 0. The molecule has 0 radical (unpaired) electrons. The van der Waals surface area contributed by atoms with Crippen LogP contribution >= 0.6 is 0 Å². The zero-order valence-electron chi connectivity index (χ0n) is 17.6. The van der Waals surface area contributed by atoms with E-state index in [9.17, 15) is 0 Å². The number of unbranched alkanes of at least 4 members (excludes halogenated alkanes) is 13. The third-order valence-electron chi connectivity index (χ3n) is 3.97. The zero-order valence-corrected chi connectivity index (χ0v) is 19.6. The van der Waals surface area contributed by atoms with Gasteiger partial charge in [0.05, 0.1) is 0 Å². The predicted molar refractivity (Wildman–Crippen MR) is 128 cm³/mol. The molecule has 0 heterocycles. The average molecular weight is 375 g/mol. The third-order valence-corrected chi connectivity index (χ3v) is 4.68. The minimum absolute atomic E-state index is 0. The number of hydrogen-bond acceptors (Lipinski definition) is 0. The summed E-state index contributed by atoms with van der Waals surface area (Å²) in [5, 5.41) is 0. The van der Waals surface area contributed by atoms with Crippen LogP contribution < -0.4 is 0 Å². The molecule has 0 spiro atoms. The van der Waals surface area contributed by atoms with Crippen molar-refractivity contribution < 1.29 is 0 Å². The first-order valence-corrected chi connectivity index (χ1v) is 12.4. The van der Waals surface area contributed by atoms with Gasteiger partial charge in [-0.25, -0.2) is 0 Å². The van der Waals surface area contributed by atoms with Gasteiger partial charge in [0.15, 0.2) is 0 Å². The molecule has 0 rings (SSSR count). The van der Waals surface area contributed by atoms with Gasteiger partial charge in [-0.2, -0.15) is 0 Å². The molecule has 0 amide bonds. The fourth-order valence-electron chi connectivity index (χ4n) is 2.45. The van der Waals surface area contributed by atoms with Crippen LogP contribution in [0.5, 0.6) is 0 Å². The topological polar surface area (TPSA) is 0 Å². The lowest BCUT2D eigenvalue weighted by molar-refractivity contribution is 0.585. The monoisotopic (exact) mass is 374 g/mol. The van der Waals surface area contributed by atoms with Crippen molar-refractivity contribution in [3.63, 3.8) is 0 Å². The Balaban J connectivity index is -0.000000146. The van der Waals surface area contributed by atoms with E-state index >= 15 is 0 Å². The van der Waals surface area contributed by atoms with Crippen molar-refractivity contribution in [2.24, 2.45) is 0 Å². The van der Waals surface area contributed by atoms with Gasteiger partial charge < -0.3 is 0 Å². The van der Waals surface area contributed by atoms with E-state index in [4.69, 9.17) is 0 Å². The Hall–Kier alpha value is 0.174. The molecule has 0 aliphatic carbocycles. The zero-order chi connectivity index (χ0) is 18.0. The van der Waals surface area contributed by atoms with E-state index in [1.807, 2.05) is 19.9 Å².